The molecular formula is C12H12N2O4. The minimum absolute atomic E-state index is 0.241. The van der Waals surface area contributed by atoms with E-state index in [2.05, 4.69) is 16.1 Å². The molecule has 1 aliphatic rings. The van der Waals surface area contributed by atoms with E-state index < -0.39 is 5.97 Å². The first kappa shape index (κ1) is 12.1. The summed E-state index contributed by atoms with van der Waals surface area (Å²) >= 11 is 0. The van der Waals surface area contributed by atoms with Gasteiger partial charge in [-0.05, 0) is 11.1 Å². The maximum Gasteiger partial charge on any atom is 0.362 e. The van der Waals surface area contributed by atoms with E-state index in [4.69, 9.17) is 4.74 Å². The van der Waals surface area contributed by atoms with Crippen molar-refractivity contribution in [3.63, 3.8) is 0 Å². The average molecular weight is 248 g/mol. The molecule has 0 radical (unpaired) electrons. The predicted octanol–water partition coefficient (Wildman–Crippen LogP) is 0.0908. The quantitative estimate of drug-likeness (QED) is 0.449. The molecule has 3 N–H and O–H groups in total. The molecule has 1 aromatic rings. The van der Waals surface area contributed by atoms with Crippen LogP contribution in [0.2, 0.25) is 0 Å². The van der Waals surface area contributed by atoms with Crippen molar-refractivity contribution >= 4 is 17.4 Å². The summed E-state index contributed by atoms with van der Waals surface area (Å²) in [6, 6.07) is 7.46. The molecule has 0 saturated heterocycles. The van der Waals surface area contributed by atoms with E-state index in [0.29, 0.717) is 12.1 Å². The van der Waals surface area contributed by atoms with Gasteiger partial charge in [0.1, 0.15) is 0 Å². The summed E-state index contributed by atoms with van der Waals surface area (Å²) in [5, 5.41) is 2.71. The Kier molecular flexibility index (Phi) is 3.59. The number of carbonyl (C=O) groups excluding carboxylic acids is 2. The molecule has 0 spiro atoms. The molecule has 94 valence electrons. The average Bonchev–Trinajstić information content (AvgIpc) is 2.41. The third kappa shape index (κ3) is 2.49. The minimum Gasteiger partial charge on any atom is -0.489 e. The maximum atomic E-state index is 11.7. The highest BCUT2D eigenvalue weighted by atomic mass is 16.7. The zero-order chi connectivity index (χ0) is 13.0. The molecule has 18 heavy (non-hydrogen) atoms. The van der Waals surface area contributed by atoms with Crippen LogP contribution in [-0.4, -0.2) is 18.5 Å². The number of ether oxygens (including phenoxy) is 1. The second-order valence-electron chi connectivity index (χ2n) is 3.67. The van der Waals surface area contributed by atoms with E-state index in [0.717, 1.165) is 11.1 Å². The fourth-order valence-electron chi connectivity index (χ4n) is 1.67. The molecule has 1 amide bonds. The molecule has 0 fully saturated rings. The molecule has 6 nitrogen and oxygen atoms in total. The van der Waals surface area contributed by atoms with Crippen molar-refractivity contribution in [1.29, 1.82) is 0 Å². The lowest BCUT2D eigenvalue weighted by atomic mass is 9.97. The molecule has 0 unspecified atom stereocenters. The number of hydrogen-bond acceptors (Lipinski definition) is 5. The van der Waals surface area contributed by atoms with Crippen LogP contribution in [0.25, 0.3) is 5.57 Å². The van der Waals surface area contributed by atoms with E-state index >= 15 is 0 Å². The highest BCUT2D eigenvalue weighted by Gasteiger charge is 2.20. The highest BCUT2D eigenvalue weighted by Crippen LogP contribution is 2.23. The van der Waals surface area contributed by atoms with Crippen LogP contribution in [0.3, 0.4) is 0 Å². The van der Waals surface area contributed by atoms with Crippen molar-refractivity contribution in [3.05, 3.63) is 41.7 Å². The summed E-state index contributed by atoms with van der Waals surface area (Å²) in [5.41, 5.74) is 2.16. The topological polar surface area (TPSA) is 90.7 Å². The van der Waals surface area contributed by atoms with Crippen LogP contribution < -0.4 is 11.2 Å². The van der Waals surface area contributed by atoms with Crippen LogP contribution in [-0.2, 0) is 25.7 Å². The molecule has 1 aliphatic heterocycles. The SMILES string of the molecule is NOC(=O)CO/C=C1/C(=O)NCc2ccccc21. The van der Waals surface area contributed by atoms with E-state index in [9.17, 15) is 9.59 Å². The first-order chi connectivity index (χ1) is 8.72. The van der Waals surface area contributed by atoms with Crippen molar-refractivity contribution in [2.75, 3.05) is 6.61 Å². The van der Waals surface area contributed by atoms with Crippen LogP contribution in [0, 0.1) is 0 Å². The molecule has 0 aliphatic carbocycles. The zero-order valence-electron chi connectivity index (χ0n) is 9.51. The Bertz CT molecular complexity index is 511. The number of rotatable bonds is 3. The Morgan fingerprint density at radius 3 is 3.00 bits per heavy atom. The number of nitrogens with one attached hydrogen (secondary N) is 1. The zero-order valence-corrected chi connectivity index (χ0v) is 9.51. The Hall–Kier alpha value is -2.34. The Morgan fingerprint density at radius 1 is 1.44 bits per heavy atom. The molecule has 0 atom stereocenters. The lowest BCUT2D eigenvalue weighted by Crippen LogP contribution is -2.29. The largest absolute Gasteiger partial charge is 0.489 e. The van der Waals surface area contributed by atoms with Gasteiger partial charge in [-0.25, -0.2) is 4.79 Å². The Morgan fingerprint density at radius 2 is 2.22 bits per heavy atom. The van der Waals surface area contributed by atoms with Crippen LogP contribution in [0.5, 0.6) is 0 Å². The number of fused-ring (bicyclic) bond motifs is 1. The van der Waals surface area contributed by atoms with Gasteiger partial charge in [0.25, 0.3) is 5.91 Å². The summed E-state index contributed by atoms with van der Waals surface area (Å²) in [4.78, 5) is 26.4. The predicted molar refractivity (Wildman–Crippen MR) is 62.5 cm³/mol. The van der Waals surface area contributed by atoms with E-state index in [1.807, 2.05) is 24.3 Å². The minimum atomic E-state index is -0.712. The lowest BCUT2D eigenvalue weighted by molar-refractivity contribution is -0.147. The third-order valence-electron chi connectivity index (χ3n) is 2.53. The second-order valence-corrected chi connectivity index (χ2v) is 3.67. The highest BCUT2D eigenvalue weighted by molar-refractivity contribution is 6.20. The van der Waals surface area contributed by atoms with Crippen molar-refractivity contribution < 1.29 is 19.2 Å². The van der Waals surface area contributed by atoms with Crippen LogP contribution in [0.4, 0.5) is 0 Å². The number of hydrogen-bond donors (Lipinski definition) is 2. The molecule has 2 rings (SSSR count). The van der Waals surface area contributed by atoms with Gasteiger partial charge < -0.3 is 14.9 Å². The van der Waals surface area contributed by atoms with Crippen molar-refractivity contribution in [2.24, 2.45) is 5.90 Å². The van der Waals surface area contributed by atoms with Crippen molar-refractivity contribution in [3.8, 4) is 0 Å². The maximum absolute atomic E-state index is 11.7. The summed E-state index contributed by atoms with van der Waals surface area (Å²) in [6.07, 6.45) is 1.24. The molecule has 0 bridgehead atoms. The third-order valence-corrected chi connectivity index (χ3v) is 2.53. The molecular weight excluding hydrogens is 236 g/mol. The van der Waals surface area contributed by atoms with E-state index in [1.165, 1.54) is 6.26 Å². The van der Waals surface area contributed by atoms with Gasteiger partial charge >= 0.3 is 5.97 Å². The van der Waals surface area contributed by atoms with Gasteiger partial charge in [0.05, 0.1) is 11.8 Å². The molecule has 0 aromatic heterocycles. The Labute approximate surface area is 103 Å². The molecule has 1 heterocycles. The smallest absolute Gasteiger partial charge is 0.362 e. The molecule has 6 heteroatoms. The summed E-state index contributed by atoms with van der Waals surface area (Å²) in [7, 11) is 0. The lowest BCUT2D eigenvalue weighted by Gasteiger charge is -2.18. The van der Waals surface area contributed by atoms with Gasteiger partial charge in [-0.15, -0.1) is 0 Å². The van der Waals surface area contributed by atoms with Gasteiger partial charge in [0.2, 0.25) is 0 Å². The van der Waals surface area contributed by atoms with Crippen LogP contribution >= 0.6 is 0 Å². The number of nitrogens with two attached hydrogens (primary N) is 1. The fraction of sp³-hybridized carbons (Fsp3) is 0.167. The number of carbonyl (C=O) groups is 2. The van der Waals surface area contributed by atoms with E-state index in [-0.39, 0.29) is 12.5 Å². The summed E-state index contributed by atoms with van der Waals surface area (Å²) in [6.45, 7) is 0.145. The second kappa shape index (κ2) is 5.33. The van der Waals surface area contributed by atoms with Gasteiger partial charge in [-0.3, -0.25) is 4.79 Å². The van der Waals surface area contributed by atoms with Gasteiger partial charge in [-0.2, -0.15) is 5.90 Å². The Balaban J connectivity index is 2.18. The molecule has 1 aromatic carbocycles. The summed E-state index contributed by atoms with van der Waals surface area (Å²) in [5.74, 6) is 3.71. The monoisotopic (exact) mass is 248 g/mol. The van der Waals surface area contributed by atoms with Gasteiger partial charge in [-0.1, -0.05) is 24.3 Å². The first-order valence-corrected chi connectivity index (χ1v) is 5.30. The van der Waals surface area contributed by atoms with E-state index in [1.54, 1.807) is 0 Å². The van der Waals surface area contributed by atoms with Crippen LogP contribution in [0.15, 0.2) is 30.5 Å². The van der Waals surface area contributed by atoms with Crippen molar-refractivity contribution in [1.82, 2.24) is 5.32 Å². The normalized spacial score (nSPS) is 15.8. The van der Waals surface area contributed by atoms with Gasteiger partial charge in [0, 0.05) is 6.54 Å². The standard InChI is InChI=1S/C12H12N2O4/c13-18-11(15)7-17-6-10-9-4-2-1-3-8(9)5-14-12(10)16/h1-4,6H,5,7,13H2,(H,14,16)/b10-6+. The first-order valence-electron chi connectivity index (χ1n) is 5.30. The van der Waals surface area contributed by atoms with Crippen molar-refractivity contribution in [2.45, 2.75) is 6.54 Å². The summed E-state index contributed by atoms with van der Waals surface area (Å²) < 4.78 is 4.98. The van der Waals surface area contributed by atoms with Gasteiger partial charge in [0.15, 0.2) is 6.61 Å². The molecule has 0 saturated carbocycles. The van der Waals surface area contributed by atoms with Crippen LogP contribution in [0.1, 0.15) is 11.1 Å². The fourth-order valence-corrected chi connectivity index (χ4v) is 1.67. The number of benzene rings is 1. The number of amides is 1.